The van der Waals surface area contributed by atoms with E-state index in [9.17, 15) is 14.4 Å². The first-order valence-electron chi connectivity index (χ1n) is 12.4. The summed E-state index contributed by atoms with van der Waals surface area (Å²) in [5.41, 5.74) is 1.40. The molecule has 1 N–H and O–H groups in total. The van der Waals surface area contributed by atoms with Gasteiger partial charge in [-0.15, -0.1) is 0 Å². The van der Waals surface area contributed by atoms with Crippen molar-refractivity contribution in [3.8, 4) is 0 Å². The third kappa shape index (κ3) is 21.7. The molecule has 0 saturated heterocycles. The summed E-state index contributed by atoms with van der Waals surface area (Å²) in [6.45, 7) is 24.0. The summed E-state index contributed by atoms with van der Waals surface area (Å²) in [5.74, 6) is 0.271. The Morgan fingerprint density at radius 1 is 0.857 bits per heavy atom. The first-order valence-corrected chi connectivity index (χ1v) is 12.4. The van der Waals surface area contributed by atoms with Gasteiger partial charge >= 0.3 is 0 Å². The van der Waals surface area contributed by atoms with E-state index in [-0.39, 0.29) is 37.2 Å². The van der Waals surface area contributed by atoms with E-state index in [1.165, 1.54) is 5.57 Å². The minimum absolute atomic E-state index is 0. The van der Waals surface area contributed by atoms with E-state index in [1.54, 1.807) is 13.0 Å². The van der Waals surface area contributed by atoms with E-state index < -0.39 is 5.43 Å². The number of ketones is 1. The minimum Gasteiger partial charge on any atom is -0.379 e. The fraction of sp³-hybridized carbons (Fsp3) is 0.704. The Morgan fingerprint density at radius 2 is 1.31 bits per heavy atom. The number of nitrogens with one attached hydrogen (secondary N) is 1. The molecule has 0 spiro atoms. The van der Waals surface area contributed by atoms with Gasteiger partial charge in [-0.25, -0.2) is 0 Å². The third-order valence-electron chi connectivity index (χ3n) is 4.79. The summed E-state index contributed by atoms with van der Waals surface area (Å²) >= 11 is 0. The number of hydrogen-bond donors (Lipinski definition) is 1. The maximum absolute atomic E-state index is 11.1. The molecule has 1 radical (unpaired) electrons. The Hall–Kier alpha value is -1.25. The van der Waals surface area contributed by atoms with E-state index in [1.807, 2.05) is 41.7 Å². The van der Waals surface area contributed by atoms with Gasteiger partial charge in [0.25, 0.3) is 0 Å². The average Bonchev–Trinajstić information content (AvgIpc) is 2.84. The Morgan fingerprint density at radius 3 is 1.60 bits per heavy atom. The summed E-state index contributed by atoms with van der Waals surface area (Å²) in [4.78, 5) is 36.5. The molecule has 8 heteroatoms. The molecule has 0 bridgehead atoms. The van der Waals surface area contributed by atoms with Crippen molar-refractivity contribution in [2.45, 2.75) is 68.7 Å². The van der Waals surface area contributed by atoms with Gasteiger partial charge in [0, 0.05) is 43.6 Å². The Labute approximate surface area is 228 Å². The topological polar surface area (TPSA) is 79.0 Å². The SMILES string of the molecule is CC.CC.CC1=CC(=O)C1.CCN(C)CC.CCN(C)CCOCCNc1c(C)c(=O)c1=O.[CH3-].[V]. The molecule has 0 amide bonds. The van der Waals surface area contributed by atoms with Crippen LogP contribution in [0.4, 0.5) is 5.69 Å². The number of carbonyl (C=O) groups excluding carboxylic acids is 1. The van der Waals surface area contributed by atoms with Crippen molar-refractivity contribution >= 4 is 11.5 Å². The van der Waals surface area contributed by atoms with E-state index in [0.717, 1.165) is 26.2 Å². The molecule has 7 nitrogen and oxygen atoms in total. The molecule has 1 aliphatic carbocycles. The molecule has 35 heavy (non-hydrogen) atoms. The van der Waals surface area contributed by atoms with Crippen LogP contribution in [-0.2, 0) is 28.1 Å². The number of ether oxygens (including phenoxy) is 1. The third-order valence-corrected chi connectivity index (χ3v) is 4.79. The largest absolute Gasteiger partial charge is 0.379 e. The summed E-state index contributed by atoms with van der Waals surface area (Å²) in [7, 11) is 4.15. The number of rotatable bonds is 10. The molecule has 0 aromatic heterocycles. The zero-order chi connectivity index (χ0) is 26.4. The van der Waals surface area contributed by atoms with Gasteiger partial charge in [0.2, 0.25) is 10.9 Å². The Kier molecular flexibility index (Phi) is 36.3. The van der Waals surface area contributed by atoms with Gasteiger partial charge in [0.05, 0.1) is 18.9 Å². The second kappa shape index (κ2) is 29.0. The normalized spacial score (nSPS) is 10.9. The van der Waals surface area contributed by atoms with Crippen molar-refractivity contribution in [1.82, 2.24) is 9.80 Å². The van der Waals surface area contributed by atoms with Gasteiger partial charge in [-0.2, -0.15) is 0 Å². The van der Waals surface area contributed by atoms with Crippen molar-refractivity contribution in [2.75, 3.05) is 65.3 Å². The fourth-order valence-electron chi connectivity index (χ4n) is 2.19. The number of hydrogen-bond acceptors (Lipinski definition) is 7. The molecule has 0 unspecified atom stereocenters. The molecule has 0 saturated carbocycles. The molecule has 0 heterocycles. The van der Waals surface area contributed by atoms with Crippen LogP contribution < -0.4 is 16.2 Å². The molecule has 207 valence electrons. The molecule has 1 aliphatic rings. The van der Waals surface area contributed by atoms with Crippen LogP contribution in [0.2, 0.25) is 0 Å². The monoisotopic (exact) mass is 535 g/mol. The fourth-order valence-corrected chi connectivity index (χ4v) is 2.19. The predicted octanol–water partition coefficient (Wildman–Crippen LogP) is 4.33. The molecule has 0 atom stereocenters. The molecule has 2 rings (SSSR count). The number of likely N-dealkylation sites (N-methyl/N-ethyl adjacent to an activating group) is 1. The van der Waals surface area contributed by atoms with Gasteiger partial charge in [-0.3, -0.25) is 14.4 Å². The zero-order valence-electron chi connectivity index (χ0n) is 24.7. The van der Waals surface area contributed by atoms with Crippen LogP contribution in [-0.4, -0.2) is 75.6 Å². The van der Waals surface area contributed by atoms with Crippen LogP contribution in [0, 0.1) is 14.4 Å². The van der Waals surface area contributed by atoms with Crippen LogP contribution in [0.15, 0.2) is 21.2 Å². The molecule has 0 fully saturated rings. The zero-order valence-corrected chi connectivity index (χ0v) is 26.1. The van der Waals surface area contributed by atoms with Crippen molar-refractivity contribution in [1.29, 1.82) is 0 Å². The van der Waals surface area contributed by atoms with Gasteiger partial charge in [0.15, 0.2) is 5.78 Å². The second-order valence-corrected chi connectivity index (χ2v) is 7.22. The first-order chi connectivity index (χ1) is 15.7. The van der Waals surface area contributed by atoms with Crippen molar-refractivity contribution in [3.05, 3.63) is 45.1 Å². The van der Waals surface area contributed by atoms with Gasteiger partial charge in [-0.05, 0) is 53.7 Å². The summed E-state index contributed by atoms with van der Waals surface area (Å²) in [5, 5.41) is 2.92. The number of nitrogens with zero attached hydrogens (tertiary/aromatic N) is 2. The van der Waals surface area contributed by atoms with Crippen LogP contribution in [0.25, 0.3) is 0 Å². The molecular formula is C27H54N3O4V-. The molecular weight excluding hydrogens is 481 g/mol. The van der Waals surface area contributed by atoms with E-state index in [4.69, 9.17) is 4.74 Å². The van der Waals surface area contributed by atoms with Crippen LogP contribution in [0.3, 0.4) is 0 Å². The summed E-state index contributed by atoms with van der Waals surface area (Å²) in [6.07, 6.45) is 2.36. The average molecular weight is 536 g/mol. The Balaban J connectivity index is -0.000000138. The standard InChI is InChI=1S/C12H20N2O3.C5H13N.C5H6O.2C2H6.CH3.V/c1-4-14(3)6-8-17-7-5-13-10-9(2)11(15)12(10)16;1-4-6(3)5-2;1-4-2-5(6)3-4;2*1-2;;/h13H,4-8H2,1-3H3;4-5H2,1-3H3;2H,3H2,1H3;2*1-2H3;1H3;/q;;;;;-1;. The molecule has 1 aromatic carbocycles. The molecule has 1 aromatic rings. The predicted molar refractivity (Wildman–Crippen MR) is 150 cm³/mol. The van der Waals surface area contributed by atoms with Gasteiger partial charge in [0.1, 0.15) is 0 Å². The maximum Gasteiger partial charge on any atom is 0.249 e. The number of allylic oxidation sites excluding steroid dienone is 2. The smallest absolute Gasteiger partial charge is 0.249 e. The van der Waals surface area contributed by atoms with Crippen LogP contribution >= 0.6 is 0 Å². The van der Waals surface area contributed by atoms with Crippen molar-refractivity contribution in [2.24, 2.45) is 0 Å². The van der Waals surface area contributed by atoms with Gasteiger partial charge < -0.3 is 27.3 Å². The minimum atomic E-state index is -0.409. The number of carbonyl (C=O) groups is 1. The maximum atomic E-state index is 11.1. The van der Waals surface area contributed by atoms with Crippen LogP contribution in [0.1, 0.15) is 67.4 Å². The second-order valence-electron chi connectivity index (χ2n) is 7.22. The molecule has 0 aliphatic heterocycles. The summed E-state index contributed by atoms with van der Waals surface area (Å²) < 4.78 is 5.40. The van der Waals surface area contributed by atoms with Crippen molar-refractivity contribution < 1.29 is 28.1 Å². The van der Waals surface area contributed by atoms with E-state index in [0.29, 0.717) is 37.4 Å². The number of anilines is 1. The quantitative estimate of drug-likeness (QED) is 0.271. The van der Waals surface area contributed by atoms with Crippen LogP contribution in [0.5, 0.6) is 0 Å². The summed E-state index contributed by atoms with van der Waals surface area (Å²) in [6, 6.07) is 0. The van der Waals surface area contributed by atoms with E-state index in [2.05, 4.69) is 42.9 Å². The van der Waals surface area contributed by atoms with Crippen molar-refractivity contribution in [3.63, 3.8) is 0 Å². The first kappa shape index (κ1) is 43.8. The van der Waals surface area contributed by atoms with E-state index >= 15 is 0 Å². The van der Waals surface area contributed by atoms with Gasteiger partial charge in [-0.1, -0.05) is 54.0 Å². The Bertz CT molecular complexity index is 710.